The van der Waals surface area contributed by atoms with Gasteiger partial charge in [-0.3, -0.25) is 14.7 Å². The van der Waals surface area contributed by atoms with Gasteiger partial charge >= 0.3 is 0 Å². The maximum atomic E-state index is 12.0. The van der Waals surface area contributed by atoms with Gasteiger partial charge in [0, 0.05) is 44.7 Å². The number of likely N-dealkylation sites (tertiary alicyclic amines) is 1. The number of nitrogens with zero attached hydrogens (tertiary/aromatic N) is 3. The Morgan fingerprint density at radius 3 is 2.91 bits per heavy atom. The third-order valence-corrected chi connectivity index (χ3v) is 5.71. The Morgan fingerprint density at radius 2 is 2.22 bits per heavy atom. The number of carbonyl (C=O) groups is 1. The van der Waals surface area contributed by atoms with Crippen LogP contribution >= 0.6 is 0 Å². The van der Waals surface area contributed by atoms with Gasteiger partial charge in [0.05, 0.1) is 11.8 Å². The fourth-order valence-corrected chi connectivity index (χ4v) is 4.06. The summed E-state index contributed by atoms with van der Waals surface area (Å²) in [4.78, 5) is 22.5. The van der Waals surface area contributed by atoms with Crippen molar-refractivity contribution in [2.45, 2.75) is 43.7 Å². The van der Waals surface area contributed by atoms with Crippen LogP contribution in [0.15, 0.2) is 18.6 Å². The molecule has 1 atom stereocenters. The van der Waals surface area contributed by atoms with Crippen molar-refractivity contribution in [1.29, 1.82) is 0 Å². The van der Waals surface area contributed by atoms with Crippen molar-refractivity contribution in [2.75, 3.05) is 26.2 Å². The highest BCUT2D eigenvalue weighted by Gasteiger charge is 2.54. The van der Waals surface area contributed by atoms with Gasteiger partial charge in [-0.1, -0.05) is 6.42 Å². The zero-order chi connectivity index (χ0) is 15.7. The average molecular weight is 316 g/mol. The predicted molar refractivity (Wildman–Crippen MR) is 85.0 cm³/mol. The van der Waals surface area contributed by atoms with Crippen LogP contribution in [0.25, 0.3) is 0 Å². The lowest BCUT2D eigenvalue weighted by atomic mass is 9.76. The Hall–Kier alpha value is -1.53. The lowest BCUT2D eigenvalue weighted by molar-refractivity contribution is -0.156. The molecule has 1 aliphatic carbocycles. The van der Waals surface area contributed by atoms with E-state index in [0.717, 1.165) is 38.6 Å². The molecule has 23 heavy (non-hydrogen) atoms. The van der Waals surface area contributed by atoms with E-state index in [2.05, 4.69) is 20.2 Å². The topological polar surface area (TPSA) is 67.3 Å². The zero-order valence-corrected chi connectivity index (χ0v) is 13.4. The van der Waals surface area contributed by atoms with Crippen molar-refractivity contribution in [2.24, 2.45) is 5.92 Å². The van der Waals surface area contributed by atoms with E-state index >= 15 is 0 Å². The molecule has 1 aromatic heterocycles. The summed E-state index contributed by atoms with van der Waals surface area (Å²) in [6, 6.07) is 0.807. The summed E-state index contributed by atoms with van der Waals surface area (Å²) in [6.45, 7) is 3.71. The van der Waals surface area contributed by atoms with Gasteiger partial charge in [0.1, 0.15) is 5.69 Å². The molecule has 2 aliphatic heterocycles. The summed E-state index contributed by atoms with van der Waals surface area (Å²) < 4.78 is 6.10. The largest absolute Gasteiger partial charge is 0.372 e. The number of hydrogen-bond acceptors (Lipinski definition) is 5. The molecule has 6 heteroatoms. The summed E-state index contributed by atoms with van der Waals surface area (Å²) in [7, 11) is 0. The van der Waals surface area contributed by atoms with Gasteiger partial charge < -0.3 is 10.1 Å². The van der Waals surface area contributed by atoms with Crippen molar-refractivity contribution in [3.05, 3.63) is 24.3 Å². The minimum absolute atomic E-state index is 0.0624. The third-order valence-electron chi connectivity index (χ3n) is 5.71. The first-order chi connectivity index (χ1) is 11.3. The van der Waals surface area contributed by atoms with Crippen LogP contribution in [0.2, 0.25) is 0 Å². The Balaban J connectivity index is 1.25. The molecule has 0 aromatic carbocycles. The number of amides is 1. The second kappa shape index (κ2) is 6.17. The van der Waals surface area contributed by atoms with Crippen LogP contribution < -0.4 is 5.32 Å². The Bertz CT molecular complexity index is 555. The molecule has 0 bridgehead atoms. The molecule has 1 N–H and O–H groups in total. The fraction of sp³-hybridized carbons (Fsp3) is 0.706. The van der Waals surface area contributed by atoms with Gasteiger partial charge in [0.2, 0.25) is 0 Å². The number of nitrogens with one attached hydrogen (secondary N) is 1. The molecule has 6 nitrogen and oxygen atoms in total. The van der Waals surface area contributed by atoms with Gasteiger partial charge in [-0.25, -0.2) is 4.98 Å². The Kier molecular flexibility index (Phi) is 4.03. The van der Waals surface area contributed by atoms with Crippen LogP contribution in [0.1, 0.15) is 42.6 Å². The molecule has 0 unspecified atom stereocenters. The summed E-state index contributed by atoms with van der Waals surface area (Å²) in [5, 5.41) is 2.96. The van der Waals surface area contributed by atoms with E-state index in [1.165, 1.54) is 31.7 Å². The van der Waals surface area contributed by atoms with Crippen LogP contribution in [0.5, 0.6) is 0 Å². The molecule has 2 saturated heterocycles. The number of rotatable bonds is 5. The molecule has 1 spiro atoms. The summed E-state index contributed by atoms with van der Waals surface area (Å²) >= 11 is 0. The molecule has 1 amide bonds. The molecule has 0 radical (unpaired) electrons. The summed E-state index contributed by atoms with van der Waals surface area (Å²) in [5.41, 5.74) is 0.442. The Labute approximate surface area is 136 Å². The third kappa shape index (κ3) is 2.85. The van der Waals surface area contributed by atoms with E-state index in [0.29, 0.717) is 18.2 Å². The van der Waals surface area contributed by atoms with Gasteiger partial charge in [0.25, 0.3) is 5.91 Å². The maximum Gasteiger partial charge on any atom is 0.271 e. The smallest absolute Gasteiger partial charge is 0.271 e. The summed E-state index contributed by atoms with van der Waals surface area (Å²) in [6.07, 6.45) is 10.8. The van der Waals surface area contributed by atoms with Crippen molar-refractivity contribution >= 4 is 5.91 Å². The minimum Gasteiger partial charge on any atom is -0.372 e. The first-order valence-corrected chi connectivity index (χ1v) is 8.69. The quantitative estimate of drug-likeness (QED) is 0.885. The van der Waals surface area contributed by atoms with Gasteiger partial charge in [-0.15, -0.1) is 0 Å². The lowest BCUT2D eigenvalue weighted by Gasteiger charge is -2.55. The fourth-order valence-electron chi connectivity index (χ4n) is 4.06. The minimum atomic E-state index is -0.143. The molecule has 3 heterocycles. The number of hydrogen-bond donors (Lipinski definition) is 1. The molecule has 124 valence electrons. The zero-order valence-electron chi connectivity index (χ0n) is 13.4. The number of aromatic nitrogens is 2. The standard InChI is InChI=1S/C17H24N4O2/c22-16(15-10-18-7-8-19-15)20-6-4-13-5-9-23-17(13)11-21(12-17)14-2-1-3-14/h7-8,10,13-14H,1-6,9,11-12H2,(H,20,22)/t13-/m1/s1. The Morgan fingerprint density at radius 1 is 1.35 bits per heavy atom. The molecule has 4 rings (SSSR count). The number of ether oxygens (including phenoxy) is 1. The highest BCUT2D eigenvalue weighted by Crippen LogP contribution is 2.44. The van der Waals surface area contributed by atoms with E-state index in [1.807, 2.05) is 0 Å². The van der Waals surface area contributed by atoms with Crippen molar-refractivity contribution < 1.29 is 9.53 Å². The van der Waals surface area contributed by atoms with E-state index in [-0.39, 0.29) is 11.5 Å². The van der Waals surface area contributed by atoms with Crippen molar-refractivity contribution in [3.63, 3.8) is 0 Å². The molecular weight excluding hydrogens is 292 g/mol. The monoisotopic (exact) mass is 316 g/mol. The van der Waals surface area contributed by atoms with Crippen LogP contribution in [0, 0.1) is 5.92 Å². The van der Waals surface area contributed by atoms with Crippen LogP contribution in [0.4, 0.5) is 0 Å². The van der Waals surface area contributed by atoms with Crippen molar-refractivity contribution in [3.8, 4) is 0 Å². The predicted octanol–water partition coefficient (Wildman–Crippen LogP) is 1.24. The molecule has 3 fully saturated rings. The summed E-state index contributed by atoms with van der Waals surface area (Å²) in [5.74, 6) is 0.414. The van der Waals surface area contributed by atoms with Crippen LogP contribution in [-0.2, 0) is 4.74 Å². The van der Waals surface area contributed by atoms with E-state index in [4.69, 9.17) is 4.74 Å². The average Bonchev–Trinajstić information content (AvgIpc) is 2.90. The molecular formula is C17H24N4O2. The second-order valence-electron chi connectivity index (χ2n) is 7.02. The van der Waals surface area contributed by atoms with E-state index < -0.39 is 0 Å². The normalized spacial score (nSPS) is 26.7. The van der Waals surface area contributed by atoms with E-state index in [1.54, 1.807) is 6.20 Å². The van der Waals surface area contributed by atoms with Crippen LogP contribution in [0.3, 0.4) is 0 Å². The first kappa shape index (κ1) is 15.0. The second-order valence-corrected chi connectivity index (χ2v) is 7.02. The highest BCUT2D eigenvalue weighted by atomic mass is 16.5. The lowest BCUT2D eigenvalue weighted by Crippen LogP contribution is -2.68. The number of carbonyl (C=O) groups excluding carboxylic acids is 1. The van der Waals surface area contributed by atoms with E-state index in [9.17, 15) is 4.79 Å². The molecule has 1 saturated carbocycles. The highest BCUT2D eigenvalue weighted by molar-refractivity contribution is 5.91. The van der Waals surface area contributed by atoms with Gasteiger partial charge in [-0.05, 0) is 31.6 Å². The van der Waals surface area contributed by atoms with Crippen molar-refractivity contribution in [1.82, 2.24) is 20.2 Å². The molecule has 3 aliphatic rings. The van der Waals surface area contributed by atoms with Gasteiger partial charge in [-0.2, -0.15) is 0 Å². The SMILES string of the molecule is O=C(NCC[C@@H]1CCOC12CN(C1CCC1)C2)c1cnccn1. The first-order valence-electron chi connectivity index (χ1n) is 8.69. The van der Waals surface area contributed by atoms with Gasteiger partial charge in [0.15, 0.2) is 0 Å². The molecule has 1 aromatic rings. The van der Waals surface area contributed by atoms with Crippen LogP contribution in [-0.4, -0.2) is 58.7 Å². The maximum absolute atomic E-state index is 12.0.